The Balaban J connectivity index is 1.94. The van der Waals surface area contributed by atoms with E-state index in [4.69, 9.17) is 0 Å². The fraction of sp³-hybridized carbons (Fsp3) is 0.600. The van der Waals surface area contributed by atoms with E-state index in [0.717, 1.165) is 19.3 Å². The van der Waals surface area contributed by atoms with Gasteiger partial charge in [0.15, 0.2) is 0 Å². The first-order chi connectivity index (χ1) is 11.2. The first kappa shape index (κ1) is 15.2. The number of piperidine rings is 1. The van der Waals surface area contributed by atoms with Crippen LogP contribution >= 0.6 is 0 Å². The lowest BCUT2D eigenvalue weighted by molar-refractivity contribution is -0.0185. The number of aliphatic hydroxyl groups is 1. The van der Waals surface area contributed by atoms with Crippen molar-refractivity contribution in [3.05, 3.63) is 35.5 Å². The zero-order valence-electron chi connectivity index (χ0n) is 14.4. The maximum Gasteiger partial charge on any atom is 0.0561 e. The molecule has 124 valence electrons. The summed E-state index contributed by atoms with van der Waals surface area (Å²) in [6, 6.07) is 9.31. The molecule has 0 bridgehead atoms. The number of aryl methyl sites for hydroxylation is 1. The number of fused-ring (bicyclic) bond motifs is 5. The Kier molecular flexibility index (Phi) is 3.73. The van der Waals surface area contributed by atoms with E-state index in [-0.39, 0.29) is 5.41 Å². The Bertz CT molecular complexity index is 716. The number of rotatable bonds is 3. The highest BCUT2D eigenvalue weighted by atomic mass is 16.3. The van der Waals surface area contributed by atoms with Gasteiger partial charge in [0.05, 0.1) is 6.04 Å². The minimum Gasteiger partial charge on any atom is -0.396 e. The third-order valence-corrected chi connectivity index (χ3v) is 6.55. The Hall–Kier alpha value is -1.32. The summed E-state index contributed by atoms with van der Waals surface area (Å²) in [6.07, 6.45) is 5.74. The smallest absolute Gasteiger partial charge is 0.0561 e. The molecular formula is C20H28N2O. The Morgan fingerprint density at radius 2 is 2.09 bits per heavy atom. The predicted molar refractivity (Wildman–Crippen MR) is 94.6 cm³/mol. The van der Waals surface area contributed by atoms with Gasteiger partial charge in [-0.1, -0.05) is 25.1 Å². The summed E-state index contributed by atoms with van der Waals surface area (Å²) in [5.74, 6) is 0. The normalized spacial score (nSPS) is 27.9. The lowest BCUT2D eigenvalue weighted by Gasteiger charge is -2.52. The van der Waals surface area contributed by atoms with Gasteiger partial charge in [-0.05, 0) is 55.7 Å². The average molecular weight is 312 g/mol. The van der Waals surface area contributed by atoms with Crippen molar-refractivity contribution in [2.45, 2.75) is 45.1 Å². The van der Waals surface area contributed by atoms with Gasteiger partial charge in [-0.15, -0.1) is 0 Å². The molecule has 2 atom stereocenters. The first-order valence-electron chi connectivity index (χ1n) is 9.13. The second-order valence-electron chi connectivity index (χ2n) is 7.42. The molecule has 2 aliphatic rings. The molecule has 3 heterocycles. The van der Waals surface area contributed by atoms with Crippen LogP contribution in [0.3, 0.4) is 0 Å². The standard InChI is InChI=1S/C20H28N2O/c1-3-20(11-14-23)10-6-12-22-13-9-16-15-7-4-5-8-17(15)21(2)18(16)19(20)22/h4-5,7-8,19,23H,3,6,9-14H2,1-2H3. The third-order valence-electron chi connectivity index (χ3n) is 6.55. The van der Waals surface area contributed by atoms with Gasteiger partial charge in [0.2, 0.25) is 0 Å². The SMILES string of the molecule is CCC1(CCO)CCCN2CCc3c(n(C)c4ccccc34)C21. The van der Waals surface area contributed by atoms with E-state index in [1.165, 1.54) is 42.5 Å². The number of para-hydroxylation sites is 1. The van der Waals surface area contributed by atoms with Gasteiger partial charge in [-0.25, -0.2) is 0 Å². The zero-order valence-corrected chi connectivity index (χ0v) is 14.4. The molecule has 0 amide bonds. The average Bonchev–Trinajstić information content (AvgIpc) is 2.88. The minimum absolute atomic E-state index is 0.226. The van der Waals surface area contributed by atoms with Gasteiger partial charge >= 0.3 is 0 Å². The summed E-state index contributed by atoms with van der Waals surface area (Å²) in [6.45, 7) is 4.99. The summed E-state index contributed by atoms with van der Waals surface area (Å²) in [5, 5.41) is 11.2. The highest BCUT2D eigenvalue weighted by Gasteiger charge is 2.47. The van der Waals surface area contributed by atoms with Gasteiger partial charge in [-0.2, -0.15) is 0 Å². The molecular weight excluding hydrogens is 284 g/mol. The maximum atomic E-state index is 9.74. The van der Waals surface area contributed by atoms with Crippen molar-refractivity contribution in [1.82, 2.24) is 9.47 Å². The molecule has 2 unspecified atom stereocenters. The molecule has 0 aliphatic carbocycles. The predicted octanol–water partition coefficient (Wildman–Crippen LogP) is 3.65. The van der Waals surface area contributed by atoms with Crippen LogP contribution in [0.5, 0.6) is 0 Å². The molecule has 1 fully saturated rings. The molecule has 0 spiro atoms. The minimum atomic E-state index is 0.226. The summed E-state index contributed by atoms with van der Waals surface area (Å²) in [5.41, 5.74) is 4.66. The fourth-order valence-electron chi connectivity index (χ4n) is 5.38. The van der Waals surface area contributed by atoms with Crippen molar-refractivity contribution in [3.63, 3.8) is 0 Å². The summed E-state index contributed by atoms with van der Waals surface area (Å²) in [7, 11) is 2.23. The van der Waals surface area contributed by atoms with Crippen LogP contribution in [-0.4, -0.2) is 34.3 Å². The lowest BCUT2D eigenvalue weighted by Crippen LogP contribution is -2.50. The second kappa shape index (κ2) is 5.64. The molecule has 23 heavy (non-hydrogen) atoms. The molecule has 1 saturated heterocycles. The van der Waals surface area contributed by atoms with Crippen LogP contribution < -0.4 is 0 Å². The monoisotopic (exact) mass is 312 g/mol. The molecule has 1 aromatic heterocycles. The lowest BCUT2D eigenvalue weighted by atomic mass is 9.66. The van der Waals surface area contributed by atoms with E-state index in [9.17, 15) is 5.11 Å². The van der Waals surface area contributed by atoms with E-state index in [1.807, 2.05) is 0 Å². The number of hydrogen-bond donors (Lipinski definition) is 1. The van der Waals surface area contributed by atoms with Crippen LogP contribution in [0.4, 0.5) is 0 Å². The second-order valence-corrected chi connectivity index (χ2v) is 7.42. The number of nitrogens with zero attached hydrogens (tertiary/aromatic N) is 2. The topological polar surface area (TPSA) is 28.4 Å². The Morgan fingerprint density at radius 1 is 1.26 bits per heavy atom. The Labute approximate surface area is 138 Å². The van der Waals surface area contributed by atoms with E-state index >= 15 is 0 Å². The van der Waals surface area contributed by atoms with Gasteiger partial charge in [-0.3, -0.25) is 4.90 Å². The Morgan fingerprint density at radius 3 is 2.87 bits per heavy atom. The van der Waals surface area contributed by atoms with Crippen molar-refractivity contribution in [2.75, 3.05) is 19.7 Å². The van der Waals surface area contributed by atoms with Gasteiger partial charge in [0, 0.05) is 36.8 Å². The van der Waals surface area contributed by atoms with Gasteiger partial charge < -0.3 is 9.67 Å². The molecule has 0 radical (unpaired) electrons. The summed E-state index contributed by atoms with van der Waals surface area (Å²) < 4.78 is 2.44. The van der Waals surface area contributed by atoms with Crippen LogP contribution in [0, 0.1) is 5.41 Å². The van der Waals surface area contributed by atoms with E-state index in [1.54, 1.807) is 5.56 Å². The third kappa shape index (κ3) is 2.10. The van der Waals surface area contributed by atoms with Crippen molar-refractivity contribution in [1.29, 1.82) is 0 Å². The molecule has 3 heteroatoms. The van der Waals surface area contributed by atoms with Crippen LogP contribution in [0.25, 0.3) is 10.9 Å². The number of hydrogen-bond acceptors (Lipinski definition) is 2. The highest BCUT2D eigenvalue weighted by molar-refractivity contribution is 5.86. The molecule has 2 aromatic rings. The van der Waals surface area contributed by atoms with Crippen molar-refractivity contribution in [3.8, 4) is 0 Å². The summed E-state index contributed by atoms with van der Waals surface area (Å²) in [4.78, 5) is 2.70. The molecule has 2 aliphatic heterocycles. The molecule has 3 nitrogen and oxygen atoms in total. The first-order valence-corrected chi connectivity index (χ1v) is 9.13. The van der Waals surface area contributed by atoms with Crippen molar-refractivity contribution in [2.24, 2.45) is 12.5 Å². The number of aliphatic hydroxyl groups excluding tert-OH is 1. The number of aromatic nitrogens is 1. The van der Waals surface area contributed by atoms with Crippen molar-refractivity contribution >= 4 is 10.9 Å². The van der Waals surface area contributed by atoms with Gasteiger partial charge in [0.25, 0.3) is 0 Å². The molecule has 1 N–H and O–H groups in total. The highest BCUT2D eigenvalue weighted by Crippen LogP contribution is 2.53. The molecule has 4 rings (SSSR count). The zero-order chi connectivity index (χ0) is 16.0. The van der Waals surface area contributed by atoms with Crippen LogP contribution in [0.15, 0.2) is 24.3 Å². The van der Waals surface area contributed by atoms with Crippen LogP contribution in [0.2, 0.25) is 0 Å². The molecule has 1 aromatic carbocycles. The number of benzene rings is 1. The van der Waals surface area contributed by atoms with Crippen LogP contribution in [-0.2, 0) is 13.5 Å². The quantitative estimate of drug-likeness (QED) is 0.937. The van der Waals surface area contributed by atoms with E-state index < -0.39 is 0 Å². The van der Waals surface area contributed by atoms with Crippen LogP contribution in [0.1, 0.15) is 49.9 Å². The fourth-order valence-corrected chi connectivity index (χ4v) is 5.38. The maximum absolute atomic E-state index is 9.74. The van der Waals surface area contributed by atoms with Crippen molar-refractivity contribution < 1.29 is 5.11 Å². The van der Waals surface area contributed by atoms with E-state index in [0.29, 0.717) is 12.6 Å². The van der Waals surface area contributed by atoms with E-state index in [2.05, 4.69) is 47.7 Å². The van der Waals surface area contributed by atoms with Gasteiger partial charge in [0.1, 0.15) is 0 Å². The largest absolute Gasteiger partial charge is 0.396 e. The molecule has 0 saturated carbocycles. The summed E-state index contributed by atoms with van der Waals surface area (Å²) >= 11 is 0.